The second kappa shape index (κ2) is 8.04. The first kappa shape index (κ1) is 17.3. The Hall–Kier alpha value is -0.520. The van der Waals surface area contributed by atoms with Crippen molar-refractivity contribution >= 4 is 11.3 Å². The Morgan fingerprint density at radius 3 is 2.57 bits per heavy atom. The minimum atomic E-state index is 0.435. The van der Waals surface area contributed by atoms with Crippen LogP contribution in [0.2, 0.25) is 0 Å². The zero-order valence-corrected chi connectivity index (χ0v) is 15.8. The van der Waals surface area contributed by atoms with Crippen molar-refractivity contribution in [3.63, 3.8) is 0 Å². The van der Waals surface area contributed by atoms with Gasteiger partial charge in [0.1, 0.15) is 10.0 Å². The molecule has 1 aromatic rings. The lowest BCUT2D eigenvalue weighted by molar-refractivity contribution is 0.112. The van der Waals surface area contributed by atoms with E-state index in [-0.39, 0.29) is 0 Å². The number of likely N-dealkylation sites (tertiary alicyclic amines) is 2. The number of hydrogen-bond donors (Lipinski definition) is 0. The molecule has 23 heavy (non-hydrogen) atoms. The molecular weight excluding hydrogens is 304 g/mol. The van der Waals surface area contributed by atoms with Crippen LogP contribution in [0.3, 0.4) is 0 Å². The lowest BCUT2D eigenvalue weighted by atomic mass is 9.92. The normalized spacial score (nSPS) is 26.5. The summed E-state index contributed by atoms with van der Waals surface area (Å²) in [6.07, 6.45) is 8.33. The SMILES string of the molecule is Cc1nnc([C@@H](C)N2CCC(CCN3CCCC[C@H]3C)CC2)s1. The molecule has 0 spiro atoms. The number of rotatable bonds is 5. The summed E-state index contributed by atoms with van der Waals surface area (Å²) >= 11 is 1.75. The van der Waals surface area contributed by atoms with E-state index in [2.05, 4.69) is 33.8 Å². The molecule has 3 rings (SSSR count). The lowest BCUT2D eigenvalue weighted by Gasteiger charge is -2.37. The van der Waals surface area contributed by atoms with E-state index in [1.807, 2.05) is 6.92 Å². The number of aromatic nitrogens is 2. The third-order valence-electron chi connectivity index (χ3n) is 5.86. The highest BCUT2D eigenvalue weighted by atomic mass is 32.1. The van der Waals surface area contributed by atoms with Crippen LogP contribution >= 0.6 is 11.3 Å². The Labute approximate surface area is 145 Å². The zero-order valence-electron chi connectivity index (χ0n) is 15.0. The molecule has 2 atom stereocenters. The van der Waals surface area contributed by atoms with Crippen molar-refractivity contribution < 1.29 is 0 Å². The van der Waals surface area contributed by atoms with Gasteiger partial charge in [0, 0.05) is 6.04 Å². The van der Waals surface area contributed by atoms with Crippen LogP contribution in [0.25, 0.3) is 0 Å². The average molecular weight is 337 g/mol. The fourth-order valence-corrected chi connectivity index (χ4v) is 4.89. The molecule has 1 aromatic heterocycles. The van der Waals surface area contributed by atoms with Crippen molar-refractivity contribution in [1.82, 2.24) is 20.0 Å². The Morgan fingerprint density at radius 2 is 1.91 bits per heavy atom. The maximum atomic E-state index is 4.34. The first-order valence-electron chi connectivity index (χ1n) is 9.41. The van der Waals surface area contributed by atoms with E-state index in [0.717, 1.165) is 17.0 Å². The third-order valence-corrected chi connectivity index (χ3v) is 6.87. The molecule has 2 aliphatic rings. The van der Waals surface area contributed by atoms with Crippen LogP contribution < -0.4 is 0 Å². The fourth-order valence-electron chi connectivity index (χ4n) is 4.10. The summed E-state index contributed by atoms with van der Waals surface area (Å²) in [7, 11) is 0. The molecule has 4 nitrogen and oxygen atoms in total. The summed E-state index contributed by atoms with van der Waals surface area (Å²) in [6, 6.07) is 1.24. The van der Waals surface area contributed by atoms with E-state index in [1.165, 1.54) is 69.7 Å². The molecule has 0 saturated carbocycles. The van der Waals surface area contributed by atoms with Gasteiger partial charge in [-0.3, -0.25) is 4.90 Å². The van der Waals surface area contributed by atoms with Gasteiger partial charge >= 0.3 is 0 Å². The van der Waals surface area contributed by atoms with Gasteiger partial charge in [0.05, 0.1) is 6.04 Å². The van der Waals surface area contributed by atoms with Gasteiger partial charge in [0.15, 0.2) is 0 Å². The van der Waals surface area contributed by atoms with Gasteiger partial charge in [0.25, 0.3) is 0 Å². The molecule has 3 heterocycles. The van der Waals surface area contributed by atoms with Crippen LogP contribution in [0.1, 0.15) is 68.4 Å². The molecule has 5 heteroatoms. The van der Waals surface area contributed by atoms with Gasteiger partial charge in [-0.2, -0.15) is 0 Å². The largest absolute Gasteiger partial charge is 0.301 e. The van der Waals surface area contributed by atoms with Crippen molar-refractivity contribution in [2.45, 2.75) is 71.4 Å². The van der Waals surface area contributed by atoms with E-state index in [4.69, 9.17) is 0 Å². The van der Waals surface area contributed by atoms with Crippen LogP contribution in [0.15, 0.2) is 0 Å². The molecule has 2 aliphatic heterocycles. The Kier molecular flexibility index (Phi) is 6.05. The first-order chi connectivity index (χ1) is 11.1. The number of piperidine rings is 2. The molecule has 0 radical (unpaired) electrons. The smallest absolute Gasteiger partial charge is 0.134 e. The molecule has 0 N–H and O–H groups in total. The van der Waals surface area contributed by atoms with Gasteiger partial charge in [-0.1, -0.05) is 6.42 Å². The number of hydrogen-bond acceptors (Lipinski definition) is 5. The number of nitrogens with zero attached hydrogens (tertiary/aromatic N) is 4. The molecule has 0 unspecified atom stereocenters. The van der Waals surface area contributed by atoms with E-state index in [0.29, 0.717) is 6.04 Å². The Bertz CT molecular complexity index is 481. The zero-order chi connectivity index (χ0) is 16.2. The van der Waals surface area contributed by atoms with Crippen LogP contribution in [0, 0.1) is 12.8 Å². The van der Waals surface area contributed by atoms with Crippen LogP contribution in [0.5, 0.6) is 0 Å². The van der Waals surface area contributed by atoms with Gasteiger partial charge < -0.3 is 4.90 Å². The molecule has 130 valence electrons. The van der Waals surface area contributed by atoms with Crippen molar-refractivity contribution in [3.8, 4) is 0 Å². The van der Waals surface area contributed by atoms with E-state index in [1.54, 1.807) is 11.3 Å². The van der Waals surface area contributed by atoms with Gasteiger partial charge in [-0.15, -0.1) is 21.5 Å². The van der Waals surface area contributed by atoms with Crippen molar-refractivity contribution in [3.05, 3.63) is 10.0 Å². The van der Waals surface area contributed by atoms with Crippen LogP contribution in [0.4, 0.5) is 0 Å². The summed E-state index contributed by atoms with van der Waals surface area (Å²) in [5.74, 6) is 0.920. The van der Waals surface area contributed by atoms with Gasteiger partial charge in [-0.05, 0) is 85.0 Å². The van der Waals surface area contributed by atoms with E-state index < -0.39 is 0 Å². The topological polar surface area (TPSA) is 32.3 Å². The molecular formula is C18H32N4S. The Balaban J connectivity index is 1.41. The van der Waals surface area contributed by atoms with Crippen molar-refractivity contribution in [1.29, 1.82) is 0 Å². The fraction of sp³-hybridized carbons (Fsp3) is 0.889. The molecule has 2 fully saturated rings. The Morgan fingerprint density at radius 1 is 1.13 bits per heavy atom. The van der Waals surface area contributed by atoms with E-state index >= 15 is 0 Å². The van der Waals surface area contributed by atoms with E-state index in [9.17, 15) is 0 Å². The maximum absolute atomic E-state index is 4.34. The molecule has 0 amide bonds. The molecule has 2 saturated heterocycles. The predicted molar refractivity (Wildman–Crippen MR) is 96.9 cm³/mol. The van der Waals surface area contributed by atoms with Gasteiger partial charge in [0.2, 0.25) is 0 Å². The summed E-state index contributed by atoms with van der Waals surface area (Å²) in [5, 5.41) is 10.8. The molecule has 0 aromatic carbocycles. The first-order valence-corrected chi connectivity index (χ1v) is 10.2. The summed E-state index contributed by atoms with van der Waals surface area (Å²) in [4.78, 5) is 5.32. The minimum Gasteiger partial charge on any atom is -0.301 e. The number of aryl methyl sites for hydroxylation is 1. The second-order valence-corrected chi connectivity index (χ2v) is 8.70. The summed E-state index contributed by atoms with van der Waals surface area (Å²) < 4.78 is 0. The van der Waals surface area contributed by atoms with Crippen molar-refractivity contribution in [2.75, 3.05) is 26.2 Å². The van der Waals surface area contributed by atoms with Crippen LogP contribution in [-0.2, 0) is 0 Å². The standard InChI is InChI=1S/C18H32N4S/c1-14-6-4-5-10-21(14)11-7-17-8-12-22(13-9-17)15(2)18-20-19-16(3)23-18/h14-15,17H,4-13H2,1-3H3/t14-,15-/m1/s1. The van der Waals surface area contributed by atoms with Crippen LogP contribution in [-0.4, -0.2) is 52.2 Å². The second-order valence-electron chi connectivity index (χ2n) is 7.48. The molecule has 0 bridgehead atoms. The average Bonchev–Trinajstić information content (AvgIpc) is 3.00. The highest BCUT2D eigenvalue weighted by Gasteiger charge is 2.26. The summed E-state index contributed by atoms with van der Waals surface area (Å²) in [6.45, 7) is 11.8. The quantitative estimate of drug-likeness (QED) is 0.817. The summed E-state index contributed by atoms with van der Waals surface area (Å²) in [5.41, 5.74) is 0. The third kappa shape index (κ3) is 4.52. The minimum absolute atomic E-state index is 0.435. The monoisotopic (exact) mass is 336 g/mol. The highest BCUT2D eigenvalue weighted by molar-refractivity contribution is 7.11. The maximum Gasteiger partial charge on any atom is 0.134 e. The predicted octanol–water partition coefficient (Wildman–Crippen LogP) is 3.88. The molecule has 0 aliphatic carbocycles. The van der Waals surface area contributed by atoms with Gasteiger partial charge in [-0.25, -0.2) is 0 Å². The van der Waals surface area contributed by atoms with Crippen molar-refractivity contribution in [2.24, 2.45) is 5.92 Å². The lowest BCUT2D eigenvalue weighted by Crippen LogP contribution is -2.40. The highest BCUT2D eigenvalue weighted by Crippen LogP contribution is 2.29.